The van der Waals surface area contributed by atoms with Gasteiger partial charge in [0.1, 0.15) is 5.75 Å². The van der Waals surface area contributed by atoms with Crippen molar-refractivity contribution < 1.29 is 4.74 Å². The van der Waals surface area contributed by atoms with E-state index in [-0.39, 0.29) is 0 Å². The van der Waals surface area contributed by atoms with Gasteiger partial charge in [-0.15, -0.1) is 11.6 Å². The van der Waals surface area contributed by atoms with E-state index >= 15 is 0 Å². The fourth-order valence-electron chi connectivity index (χ4n) is 1.73. The molecule has 88 valence electrons. The zero-order chi connectivity index (χ0) is 12.3. The summed E-state index contributed by atoms with van der Waals surface area (Å²) in [4.78, 5) is 0. The predicted octanol–water partition coefficient (Wildman–Crippen LogP) is 4.75. The van der Waals surface area contributed by atoms with Gasteiger partial charge in [-0.3, -0.25) is 0 Å². The molecule has 0 aliphatic rings. The number of hydrogen-bond acceptors (Lipinski definition) is 1. The molecule has 0 N–H and O–H groups in total. The first-order valence-electron chi connectivity index (χ1n) is 5.24. The minimum Gasteiger partial charge on any atom is -0.496 e. The maximum Gasteiger partial charge on any atom is 0.126 e. The monoisotopic (exact) mass is 266 g/mol. The van der Waals surface area contributed by atoms with E-state index in [1.165, 1.54) is 0 Å². The number of methoxy groups -OCH3 is 1. The van der Waals surface area contributed by atoms with Gasteiger partial charge in [0, 0.05) is 22.0 Å². The second-order valence-electron chi connectivity index (χ2n) is 3.65. The Morgan fingerprint density at radius 1 is 1.06 bits per heavy atom. The molecule has 0 fully saturated rings. The van der Waals surface area contributed by atoms with Gasteiger partial charge >= 0.3 is 0 Å². The first-order chi connectivity index (χ1) is 8.26. The average molecular weight is 267 g/mol. The summed E-state index contributed by atoms with van der Waals surface area (Å²) >= 11 is 12.1. The number of benzene rings is 2. The molecule has 0 atom stereocenters. The van der Waals surface area contributed by atoms with E-state index in [0.29, 0.717) is 10.9 Å². The Balaban J connectivity index is 2.59. The van der Waals surface area contributed by atoms with E-state index in [4.69, 9.17) is 27.9 Å². The summed E-state index contributed by atoms with van der Waals surface area (Å²) in [6.07, 6.45) is 0. The average Bonchev–Trinajstić information content (AvgIpc) is 2.39. The first-order valence-corrected chi connectivity index (χ1v) is 6.15. The van der Waals surface area contributed by atoms with Gasteiger partial charge < -0.3 is 4.74 Å². The second-order valence-corrected chi connectivity index (χ2v) is 4.32. The summed E-state index contributed by atoms with van der Waals surface area (Å²) in [5.74, 6) is 1.28. The maximum atomic E-state index is 6.22. The normalized spacial score (nSPS) is 10.3. The van der Waals surface area contributed by atoms with E-state index in [0.717, 1.165) is 22.4 Å². The fraction of sp³-hybridized carbons (Fsp3) is 0.143. The molecule has 0 aliphatic heterocycles. The van der Waals surface area contributed by atoms with Gasteiger partial charge in [-0.1, -0.05) is 35.9 Å². The lowest BCUT2D eigenvalue weighted by Crippen LogP contribution is -1.89. The summed E-state index contributed by atoms with van der Waals surface area (Å²) in [5, 5.41) is 0.698. The summed E-state index contributed by atoms with van der Waals surface area (Å²) in [6, 6.07) is 13.6. The summed E-state index contributed by atoms with van der Waals surface area (Å²) in [7, 11) is 1.65. The Bertz CT molecular complexity index is 523. The summed E-state index contributed by atoms with van der Waals surface area (Å²) < 4.78 is 5.34. The first kappa shape index (κ1) is 12.3. The molecule has 0 bridgehead atoms. The summed E-state index contributed by atoms with van der Waals surface area (Å²) in [5.41, 5.74) is 2.96. The topological polar surface area (TPSA) is 9.23 Å². The molecule has 0 amide bonds. The second kappa shape index (κ2) is 5.44. The van der Waals surface area contributed by atoms with Crippen molar-refractivity contribution in [2.24, 2.45) is 0 Å². The zero-order valence-electron chi connectivity index (χ0n) is 9.41. The van der Waals surface area contributed by atoms with Crippen molar-refractivity contribution in [1.82, 2.24) is 0 Å². The van der Waals surface area contributed by atoms with Crippen molar-refractivity contribution in [3.63, 3.8) is 0 Å². The molecule has 17 heavy (non-hydrogen) atoms. The number of alkyl halides is 1. The van der Waals surface area contributed by atoms with Crippen molar-refractivity contribution in [3.05, 3.63) is 53.1 Å². The van der Waals surface area contributed by atoms with E-state index in [9.17, 15) is 0 Å². The van der Waals surface area contributed by atoms with E-state index < -0.39 is 0 Å². The molecule has 3 heteroatoms. The number of para-hydroxylation sites is 1. The van der Waals surface area contributed by atoms with Crippen molar-refractivity contribution in [1.29, 1.82) is 0 Å². The number of halogens is 2. The highest BCUT2D eigenvalue weighted by atomic mass is 35.5. The van der Waals surface area contributed by atoms with Crippen LogP contribution in [-0.2, 0) is 5.88 Å². The Kier molecular flexibility index (Phi) is 3.93. The van der Waals surface area contributed by atoms with Crippen LogP contribution in [-0.4, -0.2) is 7.11 Å². The Morgan fingerprint density at radius 2 is 1.82 bits per heavy atom. The highest BCUT2D eigenvalue weighted by molar-refractivity contribution is 6.33. The Labute approximate surface area is 111 Å². The molecular weight excluding hydrogens is 255 g/mol. The fourth-order valence-corrected chi connectivity index (χ4v) is 2.11. The third kappa shape index (κ3) is 2.56. The Morgan fingerprint density at radius 3 is 2.53 bits per heavy atom. The SMILES string of the molecule is COc1ccccc1-c1cc(CCl)ccc1Cl. The molecule has 0 saturated heterocycles. The molecule has 0 aromatic heterocycles. The van der Waals surface area contributed by atoms with E-state index in [1.54, 1.807) is 7.11 Å². The molecule has 0 spiro atoms. The van der Waals surface area contributed by atoms with Crippen LogP contribution in [0.15, 0.2) is 42.5 Å². The van der Waals surface area contributed by atoms with Crippen LogP contribution < -0.4 is 4.74 Å². The van der Waals surface area contributed by atoms with Crippen molar-refractivity contribution in [3.8, 4) is 16.9 Å². The molecule has 2 aromatic carbocycles. The lowest BCUT2D eigenvalue weighted by Gasteiger charge is -2.10. The van der Waals surface area contributed by atoms with E-state index in [2.05, 4.69) is 0 Å². The van der Waals surface area contributed by atoms with Crippen LogP contribution in [0.4, 0.5) is 0 Å². The molecule has 0 radical (unpaired) electrons. The molecule has 1 nitrogen and oxygen atoms in total. The van der Waals surface area contributed by atoms with Gasteiger partial charge in [0.05, 0.1) is 7.11 Å². The third-order valence-electron chi connectivity index (χ3n) is 2.58. The van der Waals surface area contributed by atoms with Crippen molar-refractivity contribution >= 4 is 23.2 Å². The number of hydrogen-bond donors (Lipinski definition) is 0. The zero-order valence-corrected chi connectivity index (χ0v) is 10.9. The van der Waals surface area contributed by atoms with E-state index in [1.807, 2.05) is 42.5 Å². The number of rotatable bonds is 3. The van der Waals surface area contributed by atoms with Crippen LogP contribution in [0, 0.1) is 0 Å². The van der Waals surface area contributed by atoms with Gasteiger partial charge in [-0.25, -0.2) is 0 Å². The standard InChI is InChI=1S/C14H12Cl2O/c1-17-14-5-3-2-4-11(14)12-8-10(9-15)6-7-13(12)16/h2-8H,9H2,1H3. The molecule has 2 aromatic rings. The Hall–Kier alpha value is -1.18. The highest BCUT2D eigenvalue weighted by Crippen LogP contribution is 2.35. The van der Waals surface area contributed by atoms with Crippen LogP contribution in [0.1, 0.15) is 5.56 Å². The maximum absolute atomic E-state index is 6.22. The van der Waals surface area contributed by atoms with Crippen molar-refractivity contribution in [2.45, 2.75) is 5.88 Å². The van der Waals surface area contributed by atoms with Crippen molar-refractivity contribution in [2.75, 3.05) is 7.11 Å². The summed E-state index contributed by atoms with van der Waals surface area (Å²) in [6.45, 7) is 0. The number of ether oxygens (including phenoxy) is 1. The van der Waals surface area contributed by atoms with Gasteiger partial charge in [0.15, 0.2) is 0 Å². The van der Waals surface area contributed by atoms with Gasteiger partial charge in [0.25, 0.3) is 0 Å². The van der Waals surface area contributed by atoms with Crippen LogP contribution in [0.25, 0.3) is 11.1 Å². The quantitative estimate of drug-likeness (QED) is 0.729. The highest BCUT2D eigenvalue weighted by Gasteiger charge is 2.09. The largest absolute Gasteiger partial charge is 0.496 e. The molecule has 0 heterocycles. The lowest BCUT2D eigenvalue weighted by atomic mass is 10.0. The van der Waals surface area contributed by atoms with Crippen LogP contribution >= 0.6 is 23.2 Å². The van der Waals surface area contributed by atoms with Gasteiger partial charge in [-0.05, 0) is 23.8 Å². The molecule has 2 rings (SSSR count). The third-order valence-corrected chi connectivity index (χ3v) is 3.22. The molecule has 0 aliphatic carbocycles. The molecule has 0 unspecified atom stereocenters. The minimum absolute atomic E-state index is 0.472. The van der Waals surface area contributed by atoms with Crippen LogP contribution in [0.3, 0.4) is 0 Å². The smallest absolute Gasteiger partial charge is 0.126 e. The van der Waals surface area contributed by atoms with Crippen LogP contribution in [0.5, 0.6) is 5.75 Å². The van der Waals surface area contributed by atoms with Gasteiger partial charge in [-0.2, -0.15) is 0 Å². The predicted molar refractivity (Wildman–Crippen MR) is 73.0 cm³/mol. The lowest BCUT2D eigenvalue weighted by molar-refractivity contribution is 0.416. The molecule has 0 saturated carbocycles. The molecular formula is C14H12Cl2O. The van der Waals surface area contributed by atoms with Crippen LogP contribution in [0.2, 0.25) is 5.02 Å². The minimum atomic E-state index is 0.472. The van der Waals surface area contributed by atoms with Gasteiger partial charge in [0.2, 0.25) is 0 Å².